The lowest BCUT2D eigenvalue weighted by Crippen LogP contribution is -2.40. The quantitative estimate of drug-likeness (QED) is 0.884. The standard InChI is InChI=1S/C15H25N3O/c1-12-9-15(19-2)10-13(17-12)11-18-8-4-3-5-14(18)6-7-16/h9-10,14H,3-8,11,16H2,1-2H3. The van der Waals surface area contributed by atoms with Crippen LogP contribution in [-0.2, 0) is 6.54 Å². The summed E-state index contributed by atoms with van der Waals surface area (Å²) < 4.78 is 5.32. The number of aromatic nitrogens is 1. The molecule has 1 aliphatic heterocycles. The van der Waals surface area contributed by atoms with Crippen LogP contribution in [0.2, 0.25) is 0 Å². The van der Waals surface area contributed by atoms with Gasteiger partial charge in [-0.15, -0.1) is 0 Å². The topological polar surface area (TPSA) is 51.4 Å². The van der Waals surface area contributed by atoms with E-state index in [1.807, 2.05) is 19.1 Å². The number of pyridine rings is 1. The van der Waals surface area contributed by atoms with E-state index in [4.69, 9.17) is 10.5 Å². The number of likely N-dealkylation sites (tertiary alicyclic amines) is 1. The van der Waals surface area contributed by atoms with Crippen LogP contribution in [0.4, 0.5) is 0 Å². The molecule has 1 unspecified atom stereocenters. The van der Waals surface area contributed by atoms with Gasteiger partial charge in [0, 0.05) is 30.4 Å². The normalized spacial score (nSPS) is 20.5. The Morgan fingerprint density at radius 2 is 2.26 bits per heavy atom. The molecule has 0 bridgehead atoms. The first-order valence-electron chi connectivity index (χ1n) is 7.18. The summed E-state index contributed by atoms with van der Waals surface area (Å²) in [6.07, 6.45) is 4.96. The number of methoxy groups -OCH3 is 1. The first-order chi connectivity index (χ1) is 9.22. The van der Waals surface area contributed by atoms with Gasteiger partial charge in [0.1, 0.15) is 5.75 Å². The van der Waals surface area contributed by atoms with Crippen LogP contribution < -0.4 is 10.5 Å². The van der Waals surface area contributed by atoms with Gasteiger partial charge in [-0.3, -0.25) is 9.88 Å². The summed E-state index contributed by atoms with van der Waals surface area (Å²) in [5, 5.41) is 0. The molecule has 106 valence electrons. The maximum absolute atomic E-state index is 5.72. The molecule has 1 aromatic heterocycles. The zero-order chi connectivity index (χ0) is 13.7. The molecule has 2 rings (SSSR count). The van der Waals surface area contributed by atoms with Gasteiger partial charge in [-0.25, -0.2) is 0 Å². The van der Waals surface area contributed by atoms with Gasteiger partial charge in [0.05, 0.1) is 12.8 Å². The van der Waals surface area contributed by atoms with Crippen LogP contribution in [0.1, 0.15) is 37.1 Å². The zero-order valence-corrected chi connectivity index (χ0v) is 12.1. The number of ether oxygens (including phenoxy) is 1. The minimum absolute atomic E-state index is 0.618. The van der Waals surface area contributed by atoms with Crippen molar-refractivity contribution < 1.29 is 4.74 Å². The third-order valence-electron chi connectivity index (χ3n) is 3.83. The molecule has 0 aromatic carbocycles. The van der Waals surface area contributed by atoms with Gasteiger partial charge in [0.25, 0.3) is 0 Å². The first kappa shape index (κ1) is 14.3. The third-order valence-corrected chi connectivity index (χ3v) is 3.83. The third kappa shape index (κ3) is 3.91. The van der Waals surface area contributed by atoms with Crippen molar-refractivity contribution in [1.29, 1.82) is 0 Å². The van der Waals surface area contributed by atoms with E-state index in [0.29, 0.717) is 6.04 Å². The predicted molar refractivity (Wildman–Crippen MR) is 77.2 cm³/mol. The van der Waals surface area contributed by atoms with Crippen molar-refractivity contribution in [3.05, 3.63) is 23.5 Å². The molecule has 1 atom stereocenters. The molecule has 1 aromatic rings. The van der Waals surface area contributed by atoms with Crippen molar-refractivity contribution in [2.24, 2.45) is 5.73 Å². The van der Waals surface area contributed by atoms with Crippen LogP contribution in [0.3, 0.4) is 0 Å². The molecule has 1 aliphatic rings. The molecule has 2 N–H and O–H groups in total. The summed E-state index contributed by atoms with van der Waals surface area (Å²) in [4.78, 5) is 7.14. The Bertz CT molecular complexity index is 406. The molecule has 0 radical (unpaired) electrons. The van der Waals surface area contributed by atoms with Crippen molar-refractivity contribution in [1.82, 2.24) is 9.88 Å². The smallest absolute Gasteiger partial charge is 0.122 e. The first-order valence-corrected chi connectivity index (χ1v) is 7.18. The van der Waals surface area contributed by atoms with Crippen LogP contribution >= 0.6 is 0 Å². The van der Waals surface area contributed by atoms with Crippen LogP contribution in [0.5, 0.6) is 5.75 Å². The molecule has 0 saturated carbocycles. The lowest BCUT2D eigenvalue weighted by Gasteiger charge is -2.35. The van der Waals surface area contributed by atoms with E-state index in [2.05, 4.69) is 9.88 Å². The fourth-order valence-corrected chi connectivity index (χ4v) is 2.90. The molecule has 0 amide bonds. The fourth-order valence-electron chi connectivity index (χ4n) is 2.90. The molecule has 19 heavy (non-hydrogen) atoms. The van der Waals surface area contributed by atoms with Crippen LogP contribution in [0.15, 0.2) is 12.1 Å². The van der Waals surface area contributed by atoms with Gasteiger partial charge >= 0.3 is 0 Å². The monoisotopic (exact) mass is 263 g/mol. The Hall–Kier alpha value is -1.13. The Morgan fingerprint density at radius 3 is 3.00 bits per heavy atom. The highest BCUT2D eigenvalue weighted by molar-refractivity contribution is 5.26. The van der Waals surface area contributed by atoms with Gasteiger partial charge in [-0.2, -0.15) is 0 Å². The second-order valence-corrected chi connectivity index (χ2v) is 5.34. The number of hydrogen-bond donors (Lipinski definition) is 1. The molecular weight excluding hydrogens is 238 g/mol. The average molecular weight is 263 g/mol. The fraction of sp³-hybridized carbons (Fsp3) is 0.667. The van der Waals surface area contributed by atoms with Gasteiger partial charge in [0.2, 0.25) is 0 Å². The van der Waals surface area contributed by atoms with E-state index in [-0.39, 0.29) is 0 Å². The Morgan fingerprint density at radius 1 is 1.42 bits per heavy atom. The van der Waals surface area contributed by atoms with Crippen molar-refractivity contribution >= 4 is 0 Å². The number of rotatable bonds is 5. The van der Waals surface area contributed by atoms with Crippen LogP contribution in [0, 0.1) is 6.92 Å². The average Bonchev–Trinajstić information content (AvgIpc) is 2.40. The molecule has 0 spiro atoms. The highest BCUT2D eigenvalue weighted by Gasteiger charge is 2.22. The maximum Gasteiger partial charge on any atom is 0.122 e. The van der Waals surface area contributed by atoms with Gasteiger partial charge < -0.3 is 10.5 Å². The molecular formula is C15H25N3O. The number of nitrogens with two attached hydrogens (primary N) is 1. The van der Waals surface area contributed by atoms with E-state index < -0.39 is 0 Å². The van der Waals surface area contributed by atoms with Crippen LogP contribution in [-0.4, -0.2) is 36.1 Å². The number of nitrogens with zero attached hydrogens (tertiary/aromatic N) is 2. The minimum Gasteiger partial charge on any atom is -0.497 e. The van der Waals surface area contributed by atoms with E-state index in [9.17, 15) is 0 Å². The molecule has 0 aliphatic carbocycles. The van der Waals surface area contributed by atoms with E-state index in [0.717, 1.165) is 43.2 Å². The summed E-state index contributed by atoms with van der Waals surface area (Å²) >= 11 is 0. The van der Waals surface area contributed by atoms with Gasteiger partial charge in [0.15, 0.2) is 0 Å². The van der Waals surface area contributed by atoms with Crippen molar-refractivity contribution in [2.75, 3.05) is 20.2 Å². The van der Waals surface area contributed by atoms with E-state index in [1.54, 1.807) is 7.11 Å². The molecule has 1 fully saturated rings. The maximum atomic E-state index is 5.72. The predicted octanol–water partition coefficient (Wildman–Crippen LogP) is 2.10. The minimum atomic E-state index is 0.618. The summed E-state index contributed by atoms with van der Waals surface area (Å²) in [6.45, 7) is 4.84. The number of aryl methyl sites for hydroxylation is 1. The summed E-state index contributed by atoms with van der Waals surface area (Å²) in [5.74, 6) is 0.898. The molecule has 4 nitrogen and oxygen atoms in total. The van der Waals surface area contributed by atoms with Gasteiger partial charge in [-0.1, -0.05) is 6.42 Å². The van der Waals surface area contributed by atoms with Crippen molar-refractivity contribution in [3.8, 4) is 5.75 Å². The second kappa shape index (κ2) is 6.87. The van der Waals surface area contributed by atoms with Crippen LogP contribution in [0.25, 0.3) is 0 Å². The van der Waals surface area contributed by atoms with Crippen molar-refractivity contribution in [2.45, 2.75) is 45.2 Å². The largest absolute Gasteiger partial charge is 0.497 e. The lowest BCUT2D eigenvalue weighted by molar-refractivity contribution is 0.132. The number of piperidine rings is 1. The SMILES string of the molecule is COc1cc(C)nc(CN2CCCCC2CCN)c1. The van der Waals surface area contributed by atoms with Crippen molar-refractivity contribution in [3.63, 3.8) is 0 Å². The molecule has 2 heterocycles. The highest BCUT2D eigenvalue weighted by Crippen LogP contribution is 2.22. The zero-order valence-electron chi connectivity index (χ0n) is 12.1. The van der Waals surface area contributed by atoms with E-state index in [1.165, 1.54) is 19.3 Å². The second-order valence-electron chi connectivity index (χ2n) is 5.34. The van der Waals surface area contributed by atoms with Gasteiger partial charge in [-0.05, 0) is 39.3 Å². The Kier molecular flexibility index (Phi) is 5.16. The lowest BCUT2D eigenvalue weighted by atomic mass is 9.99. The molecule has 1 saturated heterocycles. The van der Waals surface area contributed by atoms with E-state index >= 15 is 0 Å². The summed E-state index contributed by atoms with van der Waals surface area (Å²) in [7, 11) is 1.71. The molecule has 4 heteroatoms. The summed E-state index contributed by atoms with van der Waals surface area (Å²) in [5.41, 5.74) is 7.84. The number of hydrogen-bond acceptors (Lipinski definition) is 4. The highest BCUT2D eigenvalue weighted by atomic mass is 16.5. The Balaban J connectivity index is 2.07. The Labute approximate surface area is 116 Å². The summed E-state index contributed by atoms with van der Waals surface area (Å²) in [6, 6.07) is 4.63.